The molecule has 0 spiro atoms. The number of nitrogens with one attached hydrogen (secondary N) is 2. The molecule has 188 valence electrons. The minimum atomic E-state index is -0.898. The normalized spacial score (nSPS) is 24.5. The van der Waals surface area contributed by atoms with Crippen LogP contribution >= 0.6 is 11.9 Å². The van der Waals surface area contributed by atoms with E-state index in [0.29, 0.717) is 35.2 Å². The van der Waals surface area contributed by atoms with Crippen LogP contribution in [0, 0.1) is 11.8 Å². The fourth-order valence-corrected chi connectivity index (χ4v) is 5.57. The van der Waals surface area contributed by atoms with Gasteiger partial charge < -0.3 is 15.3 Å². The topological polar surface area (TPSA) is 107 Å². The lowest BCUT2D eigenvalue weighted by atomic mass is 9.84. The average molecular weight is 498 g/mol. The number of carbonyl (C=O) groups is 2. The first-order chi connectivity index (χ1) is 16.3. The second-order valence-electron chi connectivity index (χ2n) is 11.3. The summed E-state index contributed by atoms with van der Waals surface area (Å²) in [5, 5.41) is 13.6. The number of aliphatic carboxylic acids is 1. The van der Waals surface area contributed by atoms with E-state index in [0.717, 1.165) is 24.1 Å². The van der Waals surface area contributed by atoms with Gasteiger partial charge in [0.2, 0.25) is 0 Å². The Balaban J connectivity index is 1.81. The lowest BCUT2D eigenvalue weighted by Crippen LogP contribution is -2.40. The van der Waals surface area contributed by atoms with Crippen molar-refractivity contribution in [3.05, 3.63) is 41.6 Å². The average Bonchev–Trinajstić information content (AvgIpc) is 3.10. The lowest BCUT2D eigenvalue weighted by Gasteiger charge is -2.34. The van der Waals surface area contributed by atoms with Gasteiger partial charge in [-0.2, -0.15) is 0 Å². The van der Waals surface area contributed by atoms with Gasteiger partial charge in [0.1, 0.15) is 22.7 Å². The zero-order valence-corrected chi connectivity index (χ0v) is 22.1. The molecule has 1 fully saturated rings. The number of aromatic nitrogens is 2. The fraction of sp³-hybridized carbons (Fsp3) is 0.538. The highest BCUT2D eigenvalue weighted by Crippen LogP contribution is 2.42. The maximum absolute atomic E-state index is 13.4. The van der Waals surface area contributed by atoms with Crippen LogP contribution in [0.4, 0.5) is 11.6 Å². The van der Waals surface area contributed by atoms with E-state index in [1.165, 1.54) is 0 Å². The highest BCUT2D eigenvalue weighted by atomic mass is 32.2. The Morgan fingerprint density at radius 2 is 1.94 bits per heavy atom. The third-order valence-corrected chi connectivity index (χ3v) is 7.78. The number of hydrogen-bond donors (Lipinski definition) is 3. The Labute approximate surface area is 211 Å². The predicted molar refractivity (Wildman–Crippen MR) is 139 cm³/mol. The monoisotopic (exact) mass is 497 g/mol. The van der Waals surface area contributed by atoms with Crippen LogP contribution in [0.1, 0.15) is 70.4 Å². The predicted octanol–water partition coefficient (Wildman–Crippen LogP) is 4.72. The Hall–Kier alpha value is -2.81. The number of rotatable bonds is 1. The number of carboxylic acid groups (broad SMARTS) is 1. The highest BCUT2D eigenvalue weighted by Gasteiger charge is 2.43. The summed E-state index contributed by atoms with van der Waals surface area (Å²) >= 11 is 1.11. The number of anilines is 2. The van der Waals surface area contributed by atoms with Crippen molar-refractivity contribution < 1.29 is 14.7 Å². The van der Waals surface area contributed by atoms with Gasteiger partial charge in [0, 0.05) is 35.1 Å². The fourth-order valence-electron chi connectivity index (χ4n) is 4.97. The standard InChI is InChI=1S/C26H35N5O3S/c1-15-12-18(24(33)34)27-20-8-7-9-21(29-20)35-30-23(32)17-10-11-19(25(2,3)4)28-22(17)31-14-16(15)13-26(31,5)6/h7-11,15-16,18H,12-14H2,1-6H3,(H,27,29)(H,30,32)(H,33,34). The van der Waals surface area contributed by atoms with E-state index in [4.69, 9.17) is 4.98 Å². The molecule has 8 nitrogen and oxygen atoms in total. The molecule has 3 N–H and O–H groups in total. The van der Waals surface area contributed by atoms with E-state index in [1.807, 2.05) is 12.1 Å². The number of carbonyl (C=O) groups excluding carboxylic acids is 1. The highest BCUT2D eigenvalue weighted by molar-refractivity contribution is 7.97. The van der Waals surface area contributed by atoms with E-state index in [9.17, 15) is 14.7 Å². The van der Waals surface area contributed by atoms with Crippen LogP contribution in [0.2, 0.25) is 0 Å². The van der Waals surface area contributed by atoms with Crippen LogP contribution in [0.5, 0.6) is 0 Å². The molecule has 0 aromatic carbocycles. The molecule has 4 rings (SSSR count). The Kier molecular flexibility index (Phi) is 6.74. The van der Waals surface area contributed by atoms with Crippen molar-refractivity contribution in [3.63, 3.8) is 0 Å². The van der Waals surface area contributed by atoms with Crippen LogP contribution < -0.4 is 14.9 Å². The summed E-state index contributed by atoms with van der Waals surface area (Å²) < 4.78 is 2.91. The quantitative estimate of drug-likeness (QED) is 0.486. The number of nitrogens with zero attached hydrogens (tertiary/aromatic N) is 3. The van der Waals surface area contributed by atoms with Gasteiger partial charge >= 0.3 is 5.97 Å². The van der Waals surface area contributed by atoms with Crippen LogP contribution in [0.25, 0.3) is 0 Å². The van der Waals surface area contributed by atoms with Crippen LogP contribution in [-0.4, -0.2) is 45.1 Å². The second-order valence-corrected chi connectivity index (χ2v) is 12.2. The Morgan fingerprint density at radius 3 is 2.63 bits per heavy atom. The van der Waals surface area contributed by atoms with Crippen molar-refractivity contribution in [2.75, 3.05) is 16.8 Å². The van der Waals surface area contributed by atoms with Crippen molar-refractivity contribution in [1.29, 1.82) is 0 Å². The Morgan fingerprint density at radius 1 is 1.20 bits per heavy atom. The van der Waals surface area contributed by atoms with E-state index >= 15 is 0 Å². The van der Waals surface area contributed by atoms with Gasteiger partial charge in [0.25, 0.3) is 5.91 Å². The molecular formula is C26H35N5O3S. The molecule has 35 heavy (non-hydrogen) atoms. The lowest BCUT2D eigenvalue weighted by molar-refractivity contribution is -0.138. The molecular weight excluding hydrogens is 462 g/mol. The van der Waals surface area contributed by atoms with Gasteiger partial charge in [-0.25, -0.2) is 14.8 Å². The molecule has 0 aliphatic carbocycles. The van der Waals surface area contributed by atoms with Gasteiger partial charge in [-0.15, -0.1) is 0 Å². The van der Waals surface area contributed by atoms with E-state index in [2.05, 4.69) is 61.5 Å². The van der Waals surface area contributed by atoms with Crippen LogP contribution in [-0.2, 0) is 10.2 Å². The maximum Gasteiger partial charge on any atom is 0.326 e. The molecule has 2 aromatic rings. The summed E-state index contributed by atoms with van der Waals surface area (Å²) in [6.07, 6.45) is 1.36. The number of carboxylic acids is 1. The first-order valence-electron chi connectivity index (χ1n) is 12.1. The van der Waals surface area contributed by atoms with Gasteiger partial charge in [-0.05, 0) is 62.8 Å². The summed E-state index contributed by atoms with van der Waals surface area (Å²) in [4.78, 5) is 37.2. The van der Waals surface area contributed by atoms with Crippen molar-refractivity contribution in [2.45, 2.75) is 76.4 Å². The number of pyridine rings is 2. The van der Waals surface area contributed by atoms with Gasteiger partial charge in [-0.3, -0.25) is 9.52 Å². The second kappa shape index (κ2) is 9.33. The molecule has 4 bridgehead atoms. The molecule has 1 saturated heterocycles. The number of hydrogen-bond acceptors (Lipinski definition) is 7. The largest absolute Gasteiger partial charge is 0.480 e. The molecule has 2 aliphatic heterocycles. The van der Waals surface area contributed by atoms with Gasteiger partial charge in [0.05, 0.1) is 5.56 Å². The molecule has 1 amide bonds. The summed E-state index contributed by atoms with van der Waals surface area (Å²) in [6, 6.07) is 8.37. The molecule has 3 atom stereocenters. The minimum Gasteiger partial charge on any atom is -0.480 e. The first kappa shape index (κ1) is 25.3. The third kappa shape index (κ3) is 5.39. The Bertz CT molecular complexity index is 1130. The molecule has 2 aliphatic rings. The van der Waals surface area contributed by atoms with E-state index < -0.39 is 12.0 Å². The molecule has 2 aromatic heterocycles. The first-order valence-corrected chi connectivity index (χ1v) is 12.9. The van der Waals surface area contributed by atoms with Crippen molar-refractivity contribution >= 4 is 35.5 Å². The number of fused-ring (bicyclic) bond motifs is 6. The summed E-state index contributed by atoms with van der Waals surface area (Å²) in [7, 11) is 0. The van der Waals surface area contributed by atoms with Crippen molar-refractivity contribution in [1.82, 2.24) is 14.7 Å². The van der Waals surface area contributed by atoms with Crippen molar-refractivity contribution in [3.8, 4) is 0 Å². The molecule has 3 unspecified atom stereocenters. The summed E-state index contributed by atoms with van der Waals surface area (Å²) in [5.74, 6) is 0.416. The zero-order valence-electron chi connectivity index (χ0n) is 21.3. The summed E-state index contributed by atoms with van der Waals surface area (Å²) in [6.45, 7) is 13.5. The zero-order chi connectivity index (χ0) is 25.5. The van der Waals surface area contributed by atoms with Crippen molar-refractivity contribution in [2.24, 2.45) is 11.8 Å². The van der Waals surface area contributed by atoms with Gasteiger partial charge in [-0.1, -0.05) is 33.8 Å². The van der Waals surface area contributed by atoms with E-state index in [-0.39, 0.29) is 28.7 Å². The maximum atomic E-state index is 13.4. The van der Waals surface area contributed by atoms with E-state index in [1.54, 1.807) is 18.2 Å². The smallest absolute Gasteiger partial charge is 0.326 e. The minimum absolute atomic E-state index is 0.138. The van der Waals surface area contributed by atoms with Crippen LogP contribution in [0.3, 0.4) is 0 Å². The number of amides is 1. The van der Waals surface area contributed by atoms with Gasteiger partial charge in [0.15, 0.2) is 0 Å². The van der Waals surface area contributed by atoms with Crippen LogP contribution in [0.15, 0.2) is 35.4 Å². The SMILES string of the molecule is CC1CC(C(=O)O)Nc2cccc(n2)SNC(=O)c2ccc(C(C)(C)C)nc2N2CC1CC2(C)C. The third-order valence-electron chi connectivity index (χ3n) is 7.06. The summed E-state index contributed by atoms with van der Waals surface area (Å²) in [5.41, 5.74) is 1.05. The molecule has 0 saturated carbocycles. The molecule has 9 heteroatoms. The molecule has 4 heterocycles. The molecule has 0 radical (unpaired) electrons.